The summed E-state index contributed by atoms with van der Waals surface area (Å²) < 4.78 is 0. The number of thiophene rings is 1. The monoisotopic (exact) mass is 378 g/mol. The van der Waals surface area contributed by atoms with Gasteiger partial charge in [-0.2, -0.15) is 0 Å². The topological polar surface area (TPSA) is 49.3 Å². The Balaban J connectivity index is 1.45. The summed E-state index contributed by atoms with van der Waals surface area (Å²) >= 11 is 1.63. The smallest absolute Gasteiger partial charge is 0.241 e. The van der Waals surface area contributed by atoms with Crippen LogP contribution < -0.4 is 4.90 Å². The fourth-order valence-corrected chi connectivity index (χ4v) is 4.08. The van der Waals surface area contributed by atoms with Crippen molar-refractivity contribution in [2.75, 3.05) is 18.0 Å². The third-order valence-corrected chi connectivity index (χ3v) is 5.81. The Morgan fingerprint density at radius 2 is 1.93 bits per heavy atom. The molecule has 0 bridgehead atoms. The average Bonchev–Trinajstić information content (AvgIpc) is 3.20. The normalized spacial score (nSPS) is 18.1. The number of anilines is 1. The van der Waals surface area contributed by atoms with E-state index in [4.69, 9.17) is 0 Å². The van der Waals surface area contributed by atoms with Gasteiger partial charge in [0.2, 0.25) is 5.91 Å². The lowest BCUT2D eigenvalue weighted by Crippen LogP contribution is -2.55. The van der Waals surface area contributed by atoms with E-state index in [1.165, 1.54) is 0 Å². The molecular weight excluding hydrogens is 356 g/mol. The summed E-state index contributed by atoms with van der Waals surface area (Å²) in [5.74, 6) is 0.890. The summed E-state index contributed by atoms with van der Waals surface area (Å²) in [6.45, 7) is 5.99. The van der Waals surface area contributed by atoms with E-state index in [-0.39, 0.29) is 11.9 Å². The fraction of sp³-hybridized carbons (Fsp3) is 0.286. The molecule has 5 nitrogen and oxygen atoms in total. The van der Waals surface area contributed by atoms with Crippen LogP contribution in [-0.2, 0) is 11.3 Å². The predicted octanol–water partition coefficient (Wildman–Crippen LogP) is 3.75. The van der Waals surface area contributed by atoms with Gasteiger partial charge in [-0.25, -0.2) is 9.97 Å². The molecule has 1 aromatic carbocycles. The number of piperazine rings is 1. The summed E-state index contributed by atoms with van der Waals surface area (Å²) in [6.07, 6.45) is 3.74. The standard InChI is InChI=1S/C21H22N4OS/c1-15-6-3-4-7-18(15)25-12-16(2)24(14-20(25)26)13-17-10-22-21(23-11-17)19-8-5-9-27-19/h3-11,16H,12-14H2,1-2H3/t16-/m1/s1. The molecule has 3 aromatic rings. The molecule has 0 spiro atoms. The van der Waals surface area contributed by atoms with Gasteiger partial charge in [0.15, 0.2) is 5.82 Å². The highest BCUT2D eigenvalue weighted by molar-refractivity contribution is 7.13. The maximum Gasteiger partial charge on any atom is 0.241 e. The molecule has 1 fully saturated rings. The Kier molecular flexibility index (Phi) is 5.01. The van der Waals surface area contributed by atoms with Gasteiger partial charge < -0.3 is 4.90 Å². The Hall–Kier alpha value is -2.57. The molecule has 1 amide bonds. The molecule has 3 heterocycles. The van der Waals surface area contributed by atoms with Crippen molar-refractivity contribution in [1.82, 2.24) is 14.9 Å². The molecule has 0 unspecified atom stereocenters. The van der Waals surface area contributed by atoms with Gasteiger partial charge in [-0.15, -0.1) is 11.3 Å². The summed E-state index contributed by atoms with van der Waals surface area (Å²) in [5, 5.41) is 2.02. The molecule has 0 radical (unpaired) electrons. The molecule has 1 aliphatic rings. The van der Waals surface area contributed by atoms with E-state index in [1.807, 2.05) is 66.0 Å². The molecule has 1 saturated heterocycles. The summed E-state index contributed by atoms with van der Waals surface area (Å²) in [7, 11) is 0. The van der Waals surface area contributed by atoms with Gasteiger partial charge in [-0.05, 0) is 36.9 Å². The number of benzene rings is 1. The second-order valence-corrected chi connectivity index (χ2v) is 7.88. The van der Waals surface area contributed by atoms with Crippen molar-refractivity contribution in [3.8, 4) is 10.7 Å². The van der Waals surface area contributed by atoms with Crippen LogP contribution in [0.5, 0.6) is 0 Å². The summed E-state index contributed by atoms with van der Waals surface area (Å²) in [6, 6.07) is 12.3. The number of aromatic nitrogens is 2. The number of aryl methyl sites for hydroxylation is 1. The van der Waals surface area contributed by atoms with Gasteiger partial charge >= 0.3 is 0 Å². The lowest BCUT2D eigenvalue weighted by Gasteiger charge is -2.39. The van der Waals surface area contributed by atoms with E-state index >= 15 is 0 Å². The largest absolute Gasteiger partial charge is 0.309 e. The molecule has 0 N–H and O–H groups in total. The first kappa shape index (κ1) is 17.8. The van der Waals surface area contributed by atoms with E-state index in [0.717, 1.165) is 27.5 Å². The Morgan fingerprint density at radius 3 is 2.63 bits per heavy atom. The molecule has 0 aliphatic carbocycles. The van der Waals surface area contributed by atoms with Crippen LogP contribution in [0.25, 0.3) is 10.7 Å². The predicted molar refractivity (Wildman–Crippen MR) is 109 cm³/mol. The molecule has 1 atom stereocenters. The molecular formula is C21H22N4OS. The lowest BCUT2D eigenvalue weighted by molar-refractivity contribution is -0.122. The molecule has 0 saturated carbocycles. The SMILES string of the molecule is Cc1ccccc1N1C[C@@H](C)N(Cc2cnc(-c3cccs3)nc2)CC1=O. The number of nitrogens with zero attached hydrogens (tertiary/aromatic N) is 4. The van der Waals surface area contributed by atoms with Crippen molar-refractivity contribution >= 4 is 22.9 Å². The molecule has 2 aromatic heterocycles. The van der Waals surface area contributed by atoms with Gasteiger partial charge in [-0.1, -0.05) is 24.3 Å². The summed E-state index contributed by atoms with van der Waals surface area (Å²) in [5.41, 5.74) is 3.17. The van der Waals surface area contributed by atoms with Gasteiger partial charge in [0.25, 0.3) is 0 Å². The second kappa shape index (κ2) is 7.58. The van der Waals surface area contributed by atoms with Gasteiger partial charge in [0.05, 0.1) is 11.4 Å². The third-order valence-electron chi connectivity index (χ3n) is 4.95. The number of amides is 1. The van der Waals surface area contributed by atoms with Crippen LogP contribution in [-0.4, -0.2) is 39.9 Å². The average molecular weight is 379 g/mol. The maximum atomic E-state index is 12.8. The Labute approximate surface area is 163 Å². The maximum absolute atomic E-state index is 12.8. The van der Waals surface area contributed by atoms with Crippen LogP contribution in [0, 0.1) is 6.92 Å². The minimum atomic E-state index is 0.138. The van der Waals surface area contributed by atoms with Crippen molar-refractivity contribution < 1.29 is 4.79 Å². The van der Waals surface area contributed by atoms with Crippen LogP contribution in [0.15, 0.2) is 54.2 Å². The quantitative estimate of drug-likeness (QED) is 0.694. The number of para-hydroxylation sites is 1. The van der Waals surface area contributed by atoms with E-state index in [2.05, 4.69) is 21.8 Å². The highest BCUT2D eigenvalue weighted by atomic mass is 32.1. The molecule has 1 aliphatic heterocycles. The van der Waals surface area contributed by atoms with Crippen LogP contribution in [0.4, 0.5) is 5.69 Å². The molecule has 6 heteroatoms. The Morgan fingerprint density at radius 1 is 1.15 bits per heavy atom. The summed E-state index contributed by atoms with van der Waals surface area (Å²) in [4.78, 5) is 26.9. The van der Waals surface area contributed by atoms with Crippen molar-refractivity contribution in [2.24, 2.45) is 0 Å². The van der Waals surface area contributed by atoms with Crippen molar-refractivity contribution in [3.05, 3.63) is 65.3 Å². The number of rotatable bonds is 4. The molecule has 27 heavy (non-hydrogen) atoms. The minimum Gasteiger partial charge on any atom is -0.309 e. The van der Waals surface area contributed by atoms with Crippen LogP contribution >= 0.6 is 11.3 Å². The number of carbonyl (C=O) groups is 1. The minimum absolute atomic E-state index is 0.138. The van der Waals surface area contributed by atoms with Crippen molar-refractivity contribution in [1.29, 1.82) is 0 Å². The first-order valence-corrected chi connectivity index (χ1v) is 9.94. The van der Waals surface area contributed by atoms with Crippen molar-refractivity contribution in [2.45, 2.75) is 26.4 Å². The van der Waals surface area contributed by atoms with E-state index in [0.29, 0.717) is 19.6 Å². The zero-order chi connectivity index (χ0) is 18.8. The van der Waals surface area contributed by atoms with Crippen LogP contribution in [0.3, 0.4) is 0 Å². The first-order valence-electron chi connectivity index (χ1n) is 9.06. The molecule has 4 rings (SSSR count). The highest BCUT2D eigenvalue weighted by Gasteiger charge is 2.30. The zero-order valence-electron chi connectivity index (χ0n) is 15.5. The fourth-order valence-electron chi connectivity index (χ4n) is 3.41. The van der Waals surface area contributed by atoms with Crippen LogP contribution in [0.2, 0.25) is 0 Å². The van der Waals surface area contributed by atoms with Gasteiger partial charge in [0.1, 0.15) is 0 Å². The lowest BCUT2D eigenvalue weighted by atomic mass is 10.1. The van der Waals surface area contributed by atoms with E-state index < -0.39 is 0 Å². The van der Waals surface area contributed by atoms with Gasteiger partial charge in [0, 0.05) is 42.8 Å². The van der Waals surface area contributed by atoms with Crippen LogP contribution in [0.1, 0.15) is 18.1 Å². The first-order chi connectivity index (χ1) is 13.1. The highest BCUT2D eigenvalue weighted by Crippen LogP contribution is 2.25. The Bertz CT molecular complexity index is 924. The number of carbonyl (C=O) groups excluding carboxylic acids is 1. The van der Waals surface area contributed by atoms with Crippen molar-refractivity contribution in [3.63, 3.8) is 0 Å². The van der Waals surface area contributed by atoms with Gasteiger partial charge in [-0.3, -0.25) is 9.69 Å². The molecule has 138 valence electrons. The third kappa shape index (κ3) is 3.77. The zero-order valence-corrected chi connectivity index (χ0v) is 16.3. The van der Waals surface area contributed by atoms with E-state index in [1.54, 1.807) is 11.3 Å². The number of hydrogen-bond donors (Lipinski definition) is 0. The number of hydrogen-bond acceptors (Lipinski definition) is 5. The second-order valence-electron chi connectivity index (χ2n) is 6.94. The van der Waals surface area contributed by atoms with E-state index in [9.17, 15) is 4.79 Å².